The number of amides is 3. The van der Waals surface area contributed by atoms with Gasteiger partial charge in [0.05, 0.1) is 0 Å². The van der Waals surface area contributed by atoms with Crippen LogP contribution in [0.3, 0.4) is 0 Å². The third-order valence-electron chi connectivity index (χ3n) is 6.65. The number of ether oxygens (including phenoxy) is 1. The average molecular weight is 572 g/mol. The van der Waals surface area contributed by atoms with E-state index in [9.17, 15) is 31.9 Å². The zero-order valence-corrected chi connectivity index (χ0v) is 22.4. The lowest BCUT2D eigenvalue weighted by molar-refractivity contribution is -0.274. The number of hydrogen-bond donors (Lipinski definition) is 2. The van der Waals surface area contributed by atoms with Gasteiger partial charge < -0.3 is 20.3 Å². The van der Waals surface area contributed by atoms with Crippen LogP contribution in [0.15, 0.2) is 72.8 Å². The molecule has 3 aromatic carbocycles. The van der Waals surface area contributed by atoms with Crippen LogP contribution in [0.2, 0.25) is 0 Å². The fourth-order valence-electron chi connectivity index (χ4n) is 4.80. The largest absolute Gasteiger partial charge is 0.573 e. The van der Waals surface area contributed by atoms with E-state index in [-0.39, 0.29) is 29.5 Å². The molecule has 216 valence electrons. The second kappa shape index (κ2) is 12.4. The number of carbonyl (C=O) groups excluding carboxylic acids is 3. The number of alkyl halides is 3. The molecular weight excluding hydrogens is 542 g/mol. The first-order chi connectivity index (χ1) is 19.4. The minimum Gasteiger partial charge on any atom is -0.406 e. The van der Waals surface area contributed by atoms with E-state index in [1.165, 1.54) is 30.3 Å². The number of anilines is 1. The predicted octanol–water partition coefficient (Wildman–Crippen LogP) is 4.94. The van der Waals surface area contributed by atoms with Crippen molar-refractivity contribution in [3.63, 3.8) is 0 Å². The number of rotatable bonds is 8. The van der Waals surface area contributed by atoms with Crippen LogP contribution < -0.4 is 20.3 Å². The molecule has 7 nitrogen and oxygen atoms in total. The Morgan fingerprint density at radius 3 is 2.44 bits per heavy atom. The molecule has 1 heterocycles. The summed E-state index contributed by atoms with van der Waals surface area (Å²) >= 11 is 0. The van der Waals surface area contributed by atoms with Gasteiger partial charge in [-0.3, -0.25) is 14.4 Å². The van der Waals surface area contributed by atoms with Crippen molar-refractivity contribution in [3.8, 4) is 5.75 Å². The predicted molar refractivity (Wildman–Crippen MR) is 144 cm³/mol. The first-order valence-corrected chi connectivity index (χ1v) is 13.0. The molecule has 1 aliphatic heterocycles. The third-order valence-corrected chi connectivity index (χ3v) is 6.65. The van der Waals surface area contributed by atoms with Crippen LogP contribution in [-0.2, 0) is 22.4 Å². The van der Waals surface area contributed by atoms with Gasteiger partial charge in [-0.15, -0.1) is 13.2 Å². The van der Waals surface area contributed by atoms with E-state index in [2.05, 4.69) is 15.4 Å². The molecule has 11 heteroatoms. The van der Waals surface area contributed by atoms with Crippen LogP contribution in [0.1, 0.15) is 41.8 Å². The van der Waals surface area contributed by atoms with Crippen LogP contribution in [0.25, 0.3) is 0 Å². The van der Waals surface area contributed by atoms with Crippen LogP contribution in [0.4, 0.5) is 23.2 Å². The molecule has 2 atom stereocenters. The van der Waals surface area contributed by atoms with Gasteiger partial charge in [0.15, 0.2) is 0 Å². The van der Waals surface area contributed by atoms with Gasteiger partial charge in [0.2, 0.25) is 11.8 Å². The molecule has 0 fully saturated rings. The summed E-state index contributed by atoms with van der Waals surface area (Å²) in [5, 5.41) is 5.19. The fourth-order valence-corrected chi connectivity index (χ4v) is 4.80. The number of hydrogen-bond acceptors (Lipinski definition) is 4. The highest BCUT2D eigenvalue weighted by atomic mass is 19.4. The van der Waals surface area contributed by atoms with Gasteiger partial charge in [0.1, 0.15) is 23.7 Å². The molecule has 0 saturated carbocycles. The molecule has 0 spiro atoms. The van der Waals surface area contributed by atoms with Crippen molar-refractivity contribution in [2.45, 2.75) is 57.6 Å². The molecule has 0 unspecified atom stereocenters. The van der Waals surface area contributed by atoms with Gasteiger partial charge >= 0.3 is 6.36 Å². The van der Waals surface area contributed by atoms with Crippen molar-refractivity contribution in [1.82, 2.24) is 10.6 Å². The van der Waals surface area contributed by atoms with Crippen molar-refractivity contribution in [2.75, 3.05) is 4.90 Å². The van der Waals surface area contributed by atoms with Gasteiger partial charge in [-0.05, 0) is 68.1 Å². The van der Waals surface area contributed by atoms with Gasteiger partial charge in [-0.2, -0.15) is 0 Å². The maximum absolute atomic E-state index is 13.8. The Kier molecular flexibility index (Phi) is 8.95. The van der Waals surface area contributed by atoms with Crippen LogP contribution in [0, 0.1) is 5.82 Å². The second-order valence-electron chi connectivity index (χ2n) is 9.93. The molecule has 3 amide bonds. The lowest BCUT2D eigenvalue weighted by atomic mass is 10.0. The maximum Gasteiger partial charge on any atom is 0.573 e. The number of aryl methyl sites for hydroxylation is 1. The molecule has 4 rings (SSSR count). The highest BCUT2D eigenvalue weighted by molar-refractivity contribution is 6.02. The maximum atomic E-state index is 13.8. The summed E-state index contributed by atoms with van der Waals surface area (Å²) in [6, 6.07) is 14.8. The molecule has 0 saturated heterocycles. The Bertz CT molecular complexity index is 1430. The summed E-state index contributed by atoms with van der Waals surface area (Å²) < 4.78 is 57.0. The van der Waals surface area contributed by atoms with Crippen molar-refractivity contribution in [1.29, 1.82) is 0 Å². The topological polar surface area (TPSA) is 87.7 Å². The zero-order valence-electron chi connectivity index (χ0n) is 22.4. The SMILES string of the molecule is CC(C)N1C(=O)[C@H](NC(=O)[C@@H](Cc2ccccc2OC(F)(F)F)NC(=O)c2cccc(F)c2)CCc2ccccc21. The van der Waals surface area contributed by atoms with Crippen molar-refractivity contribution >= 4 is 23.4 Å². The zero-order chi connectivity index (χ0) is 29.7. The molecule has 0 bridgehead atoms. The molecule has 1 aliphatic rings. The normalized spacial score (nSPS) is 16.0. The number of nitrogens with zero attached hydrogens (tertiary/aromatic N) is 1. The van der Waals surface area contributed by atoms with Crippen LogP contribution >= 0.6 is 0 Å². The first kappa shape index (κ1) is 29.6. The third kappa shape index (κ3) is 7.41. The summed E-state index contributed by atoms with van der Waals surface area (Å²) in [5.74, 6) is -3.18. The number of nitrogens with one attached hydrogen (secondary N) is 2. The van der Waals surface area contributed by atoms with E-state index in [1.54, 1.807) is 4.90 Å². The number of benzene rings is 3. The Morgan fingerprint density at radius 1 is 1.02 bits per heavy atom. The minimum absolute atomic E-state index is 0.00655. The molecule has 0 radical (unpaired) electrons. The van der Waals surface area contributed by atoms with E-state index in [0.29, 0.717) is 6.42 Å². The highest BCUT2D eigenvalue weighted by Crippen LogP contribution is 2.30. The van der Waals surface area contributed by atoms with Crippen molar-refractivity contribution in [3.05, 3.63) is 95.3 Å². The van der Waals surface area contributed by atoms with E-state index < -0.39 is 48.2 Å². The Hall–Kier alpha value is -4.41. The number of halogens is 4. The quantitative estimate of drug-likeness (QED) is 0.375. The van der Waals surface area contributed by atoms with Gasteiger partial charge in [-0.1, -0.05) is 42.5 Å². The van der Waals surface area contributed by atoms with Crippen molar-refractivity contribution in [2.24, 2.45) is 0 Å². The number of fused-ring (bicyclic) bond motifs is 1. The van der Waals surface area contributed by atoms with Crippen LogP contribution in [-0.4, -0.2) is 42.2 Å². The van der Waals surface area contributed by atoms with E-state index in [0.717, 1.165) is 29.4 Å². The Balaban J connectivity index is 1.62. The summed E-state index contributed by atoms with van der Waals surface area (Å²) in [5.41, 5.74) is 1.57. The molecule has 41 heavy (non-hydrogen) atoms. The smallest absolute Gasteiger partial charge is 0.406 e. The van der Waals surface area contributed by atoms with E-state index >= 15 is 0 Å². The summed E-state index contributed by atoms with van der Waals surface area (Å²) in [6.45, 7) is 3.69. The lowest BCUT2D eigenvalue weighted by Crippen LogP contribution is -2.55. The molecule has 3 aromatic rings. The highest BCUT2D eigenvalue weighted by Gasteiger charge is 2.36. The van der Waals surface area contributed by atoms with E-state index in [4.69, 9.17) is 0 Å². The van der Waals surface area contributed by atoms with Gasteiger partial charge in [-0.25, -0.2) is 4.39 Å². The summed E-state index contributed by atoms with van der Waals surface area (Å²) in [6.07, 6.45) is -4.63. The Labute approximate surface area is 234 Å². The number of carbonyl (C=O) groups is 3. The average Bonchev–Trinajstić information content (AvgIpc) is 3.04. The fraction of sp³-hybridized carbons (Fsp3) is 0.300. The number of para-hydroxylation sites is 2. The van der Waals surface area contributed by atoms with Crippen LogP contribution in [0.5, 0.6) is 5.75 Å². The minimum atomic E-state index is -4.99. The summed E-state index contributed by atoms with van der Waals surface area (Å²) in [7, 11) is 0. The molecular formula is C30H29F4N3O4. The second-order valence-corrected chi connectivity index (χ2v) is 9.93. The first-order valence-electron chi connectivity index (χ1n) is 13.0. The Morgan fingerprint density at radius 2 is 1.73 bits per heavy atom. The van der Waals surface area contributed by atoms with E-state index in [1.807, 2.05) is 38.1 Å². The molecule has 0 aromatic heterocycles. The standard InChI is InChI=1S/C30H29F4N3O4/c1-18(2)37-25-12-5-3-8-19(25)14-15-23(29(37)40)35-28(39)24(36-27(38)21-10-7-11-22(31)16-21)17-20-9-4-6-13-26(20)41-30(32,33)34/h3-13,16,18,23-24H,14-15,17H2,1-2H3,(H,35,39)(H,36,38)/t23-,24-/m1/s1. The summed E-state index contributed by atoms with van der Waals surface area (Å²) in [4.78, 5) is 41.8. The monoisotopic (exact) mass is 571 g/mol. The molecule has 2 N–H and O–H groups in total. The van der Waals surface area contributed by atoms with Gasteiger partial charge in [0.25, 0.3) is 5.91 Å². The van der Waals surface area contributed by atoms with Crippen molar-refractivity contribution < 1.29 is 36.7 Å². The lowest BCUT2D eigenvalue weighted by Gasteiger charge is -2.30. The molecule has 0 aliphatic carbocycles. The van der Waals surface area contributed by atoms with Gasteiger partial charge in [0, 0.05) is 23.7 Å².